The fourth-order valence-electron chi connectivity index (χ4n) is 2.11. The number of unbranched alkanes of at least 4 members (excludes halogenated alkanes) is 10. The largest absolute Gasteiger partial charge is 0.214 e. The van der Waals surface area contributed by atoms with Crippen molar-refractivity contribution in [2.45, 2.75) is 90.9 Å². The van der Waals surface area contributed by atoms with E-state index in [1.165, 1.54) is 77.0 Å². The van der Waals surface area contributed by atoms with Gasteiger partial charge in [0.15, 0.2) is 0 Å². The van der Waals surface area contributed by atoms with E-state index in [9.17, 15) is 0 Å². The fourth-order valence-corrected chi connectivity index (χ4v) is 2.11. The molecule has 2 N–H and O–H groups in total. The second-order valence-corrected chi connectivity index (χ2v) is 5.43. The van der Waals surface area contributed by atoms with Crippen LogP contribution in [0.15, 0.2) is 0 Å². The highest BCUT2D eigenvalue weighted by Crippen LogP contribution is 2.04. The van der Waals surface area contributed by atoms with Gasteiger partial charge in [-0.2, -0.15) is 11.0 Å². The summed E-state index contributed by atoms with van der Waals surface area (Å²) in [6.07, 6.45) is 15.9. The molecule has 3 nitrogen and oxygen atoms in total. The van der Waals surface area contributed by atoms with Crippen LogP contribution >= 0.6 is 0 Å². The van der Waals surface area contributed by atoms with Crippen LogP contribution in [0.2, 0.25) is 0 Å². The van der Waals surface area contributed by atoms with Gasteiger partial charge in [-0.3, -0.25) is 0 Å². The maximum atomic E-state index is 5.19. The molecule has 0 rings (SSSR count). The minimum Gasteiger partial charge on any atom is -0.214 e. The molecule has 0 amide bonds. The van der Waals surface area contributed by atoms with Crippen molar-refractivity contribution in [3.63, 3.8) is 0 Å². The van der Waals surface area contributed by atoms with Gasteiger partial charge in [-0.05, 0) is 12.8 Å². The Hall–Kier alpha value is -0.120. The molecule has 3 heteroatoms. The molecule has 0 saturated carbocycles. The van der Waals surface area contributed by atoms with Gasteiger partial charge in [0, 0.05) is 13.1 Å². The molecule has 0 aromatic rings. The first-order valence-electron chi connectivity index (χ1n) is 8.53. The molecule has 0 fully saturated rings. The van der Waals surface area contributed by atoms with E-state index in [1.54, 1.807) is 0 Å². The zero-order valence-electron chi connectivity index (χ0n) is 13.3. The lowest BCUT2D eigenvalue weighted by Crippen LogP contribution is -2.27. The standard InChI is InChI=1S/C16H36N2O/c1-3-5-7-9-11-13-15-17-19-18-16-14-12-10-8-6-4-2/h17-18H,3-16H2,1-2H3. The third-order valence-electron chi connectivity index (χ3n) is 3.41. The first-order chi connectivity index (χ1) is 9.41. The Morgan fingerprint density at radius 3 is 1.32 bits per heavy atom. The first-order valence-corrected chi connectivity index (χ1v) is 8.53. The lowest BCUT2D eigenvalue weighted by Gasteiger charge is -2.06. The van der Waals surface area contributed by atoms with Gasteiger partial charge in [0.1, 0.15) is 0 Å². The van der Waals surface area contributed by atoms with E-state index >= 15 is 0 Å². The molecule has 0 saturated heterocycles. The summed E-state index contributed by atoms with van der Waals surface area (Å²) in [6, 6.07) is 0. The van der Waals surface area contributed by atoms with Crippen molar-refractivity contribution in [3.8, 4) is 0 Å². The fraction of sp³-hybridized carbons (Fsp3) is 1.00. The van der Waals surface area contributed by atoms with Crippen LogP contribution in [0.1, 0.15) is 90.9 Å². The second-order valence-electron chi connectivity index (χ2n) is 5.43. The van der Waals surface area contributed by atoms with Crippen molar-refractivity contribution < 1.29 is 4.94 Å². The molecule has 0 aliphatic rings. The van der Waals surface area contributed by atoms with E-state index < -0.39 is 0 Å². The molecular weight excluding hydrogens is 236 g/mol. The van der Waals surface area contributed by atoms with Crippen molar-refractivity contribution in [3.05, 3.63) is 0 Å². The number of hydrogen-bond donors (Lipinski definition) is 2. The summed E-state index contributed by atoms with van der Waals surface area (Å²) in [5.74, 6) is 0. The average molecular weight is 272 g/mol. The van der Waals surface area contributed by atoms with E-state index in [2.05, 4.69) is 24.8 Å². The summed E-state index contributed by atoms with van der Waals surface area (Å²) in [6.45, 7) is 6.42. The van der Waals surface area contributed by atoms with E-state index in [-0.39, 0.29) is 0 Å². The molecule has 0 aliphatic heterocycles. The van der Waals surface area contributed by atoms with Crippen molar-refractivity contribution in [2.24, 2.45) is 0 Å². The predicted octanol–water partition coefficient (Wildman–Crippen LogP) is 4.73. The van der Waals surface area contributed by atoms with Crippen molar-refractivity contribution in [2.75, 3.05) is 13.1 Å². The number of hydroxylamine groups is 2. The third kappa shape index (κ3) is 17.9. The molecular formula is C16H36N2O. The quantitative estimate of drug-likeness (QED) is 0.315. The van der Waals surface area contributed by atoms with Crippen LogP contribution in [0.5, 0.6) is 0 Å². The second kappa shape index (κ2) is 17.9. The highest BCUT2D eigenvalue weighted by Gasteiger charge is 1.92. The Bertz CT molecular complexity index is 138. The number of hydrogen-bond acceptors (Lipinski definition) is 3. The zero-order chi connectivity index (χ0) is 14.0. The molecule has 116 valence electrons. The van der Waals surface area contributed by atoms with Gasteiger partial charge in [-0.1, -0.05) is 78.1 Å². The van der Waals surface area contributed by atoms with Crippen LogP contribution in [-0.2, 0) is 4.94 Å². The van der Waals surface area contributed by atoms with E-state index in [4.69, 9.17) is 4.94 Å². The SMILES string of the molecule is CCCCCCCCNONCCCCCCCC. The minimum atomic E-state index is 0.954. The molecule has 0 aliphatic carbocycles. The van der Waals surface area contributed by atoms with Gasteiger partial charge >= 0.3 is 0 Å². The van der Waals surface area contributed by atoms with Gasteiger partial charge in [-0.15, -0.1) is 0 Å². The maximum absolute atomic E-state index is 5.19. The molecule has 0 heterocycles. The molecule has 0 spiro atoms. The van der Waals surface area contributed by atoms with Crippen LogP contribution in [-0.4, -0.2) is 13.1 Å². The summed E-state index contributed by atoms with van der Waals surface area (Å²) in [5, 5.41) is 0. The molecule has 0 aromatic carbocycles. The Kier molecular flexibility index (Phi) is 17.8. The van der Waals surface area contributed by atoms with Gasteiger partial charge < -0.3 is 0 Å². The van der Waals surface area contributed by atoms with Gasteiger partial charge in [0.25, 0.3) is 0 Å². The molecule has 0 atom stereocenters. The average Bonchev–Trinajstić information content (AvgIpc) is 2.43. The third-order valence-corrected chi connectivity index (χ3v) is 3.41. The summed E-state index contributed by atoms with van der Waals surface area (Å²) in [7, 11) is 0. The van der Waals surface area contributed by atoms with E-state index in [0.717, 1.165) is 13.1 Å². The smallest absolute Gasteiger partial charge is 0.0229 e. The van der Waals surface area contributed by atoms with Crippen molar-refractivity contribution in [1.82, 2.24) is 11.0 Å². The van der Waals surface area contributed by atoms with E-state index in [0.29, 0.717) is 0 Å². The number of nitrogens with one attached hydrogen (secondary N) is 2. The zero-order valence-corrected chi connectivity index (χ0v) is 13.3. The molecule has 0 bridgehead atoms. The minimum absolute atomic E-state index is 0.954. The monoisotopic (exact) mass is 272 g/mol. The van der Waals surface area contributed by atoms with Crippen LogP contribution in [0.3, 0.4) is 0 Å². The van der Waals surface area contributed by atoms with Gasteiger partial charge in [-0.25, -0.2) is 4.94 Å². The number of rotatable bonds is 16. The van der Waals surface area contributed by atoms with Gasteiger partial charge in [0.2, 0.25) is 0 Å². The topological polar surface area (TPSA) is 33.3 Å². The molecule has 19 heavy (non-hydrogen) atoms. The molecule has 0 radical (unpaired) electrons. The lowest BCUT2D eigenvalue weighted by molar-refractivity contribution is -0.0387. The van der Waals surface area contributed by atoms with Crippen molar-refractivity contribution >= 4 is 0 Å². The van der Waals surface area contributed by atoms with Crippen LogP contribution in [0.4, 0.5) is 0 Å². The maximum Gasteiger partial charge on any atom is 0.0229 e. The Balaban J connectivity index is 2.88. The Morgan fingerprint density at radius 2 is 0.895 bits per heavy atom. The summed E-state index contributed by atoms with van der Waals surface area (Å²) >= 11 is 0. The summed E-state index contributed by atoms with van der Waals surface area (Å²) < 4.78 is 0. The summed E-state index contributed by atoms with van der Waals surface area (Å²) in [4.78, 5) is 5.19. The van der Waals surface area contributed by atoms with Gasteiger partial charge in [0.05, 0.1) is 0 Å². The highest BCUT2D eigenvalue weighted by molar-refractivity contribution is 4.45. The normalized spacial score (nSPS) is 11.1. The van der Waals surface area contributed by atoms with E-state index in [1.807, 2.05) is 0 Å². The predicted molar refractivity (Wildman–Crippen MR) is 83.8 cm³/mol. The van der Waals surface area contributed by atoms with Crippen LogP contribution < -0.4 is 11.0 Å². The summed E-state index contributed by atoms with van der Waals surface area (Å²) in [5.41, 5.74) is 5.95. The molecule has 0 aromatic heterocycles. The first kappa shape index (κ1) is 18.9. The van der Waals surface area contributed by atoms with Crippen LogP contribution in [0.25, 0.3) is 0 Å². The van der Waals surface area contributed by atoms with Crippen LogP contribution in [0, 0.1) is 0 Å². The lowest BCUT2D eigenvalue weighted by atomic mass is 10.1. The highest BCUT2D eigenvalue weighted by atomic mass is 16.8. The Morgan fingerprint density at radius 1 is 0.526 bits per heavy atom. The Labute approximate surface area is 120 Å². The van der Waals surface area contributed by atoms with Crippen molar-refractivity contribution in [1.29, 1.82) is 0 Å². The molecule has 0 unspecified atom stereocenters.